The van der Waals surface area contributed by atoms with Gasteiger partial charge in [-0.05, 0) is 53.4 Å². The molecule has 1 aliphatic heterocycles. The van der Waals surface area contributed by atoms with Crippen LogP contribution in [0, 0.1) is 0 Å². The Morgan fingerprint density at radius 1 is 0.794 bits per heavy atom. The Morgan fingerprint density at radius 2 is 1.21 bits per heavy atom. The number of hydrogen-bond donors (Lipinski definition) is 3. The maximum absolute atomic E-state index is 12.7. The van der Waals surface area contributed by atoms with Gasteiger partial charge < -0.3 is 34.3 Å². The highest BCUT2D eigenvalue weighted by atomic mass is 32.2. The summed E-state index contributed by atoms with van der Waals surface area (Å²) in [5, 5.41) is 31.4. The molecule has 3 aromatic carbocycles. The Hall–Kier alpha value is -3.92. The minimum atomic E-state index is -1.45. The van der Waals surface area contributed by atoms with Crippen LogP contribution in [0.4, 0.5) is 4.79 Å². The maximum Gasteiger partial charge on any atom is 0.419 e. The Kier molecular flexibility index (Phi) is 6.01. The van der Waals surface area contributed by atoms with E-state index in [0.29, 0.717) is 21.6 Å². The van der Waals surface area contributed by atoms with Gasteiger partial charge in [-0.2, -0.15) is 0 Å². The van der Waals surface area contributed by atoms with E-state index in [1.807, 2.05) is 24.3 Å². The van der Waals surface area contributed by atoms with Gasteiger partial charge in [0.1, 0.15) is 5.54 Å². The number of amides is 1. The number of phenols is 2. The van der Waals surface area contributed by atoms with Gasteiger partial charge in [0.25, 0.3) is 0 Å². The second-order valence-corrected chi connectivity index (χ2v) is 8.32. The van der Waals surface area contributed by atoms with E-state index in [4.69, 9.17) is 18.9 Å². The number of carbonyl (C=O) groups is 1. The van der Waals surface area contributed by atoms with Gasteiger partial charge in [0.2, 0.25) is 11.5 Å². The van der Waals surface area contributed by atoms with Crippen molar-refractivity contribution in [1.82, 2.24) is 4.31 Å². The van der Waals surface area contributed by atoms with Crippen LogP contribution >= 0.6 is 11.9 Å². The van der Waals surface area contributed by atoms with Gasteiger partial charge in [-0.25, -0.2) is 9.10 Å². The number of benzene rings is 3. The van der Waals surface area contributed by atoms with Crippen molar-refractivity contribution in [1.29, 1.82) is 0 Å². The highest BCUT2D eigenvalue weighted by Gasteiger charge is 2.53. The van der Waals surface area contributed by atoms with Crippen molar-refractivity contribution in [2.75, 3.05) is 28.4 Å². The highest BCUT2D eigenvalue weighted by Crippen LogP contribution is 2.58. The molecule has 1 heterocycles. The summed E-state index contributed by atoms with van der Waals surface area (Å²) in [6.07, 6.45) is -1.21. The van der Waals surface area contributed by atoms with Gasteiger partial charge in [0, 0.05) is 10.5 Å². The van der Waals surface area contributed by atoms with Crippen LogP contribution in [-0.2, 0) is 5.54 Å². The fourth-order valence-electron chi connectivity index (χ4n) is 4.22. The van der Waals surface area contributed by atoms with E-state index in [1.54, 1.807) is 24.3 Å². The lowest BCUT2D eigenvalue weighted by Gasteiger charge is -2.38. The molecule has 178 valence electrons. The number of phenolic OH excluding ortho intramolecular Hbond substituents is 2. The van der Waals surface area contributed by atoms with Crippen molar-refractivity contribution >= 4 is 18.0 Å². The molecule has 0 saturated carbocycles. The van der Waals surface area contributed by atoms with Gasteiger partial charge in [0.15, 0.2) is 23.0 Å². The average molecular weight is 486 g/mol. The first kappa shape index (κ1) is 23.2. The van der Waals surface area contributed by atoms with Crippen molar-refractivity contribution in [3.63, 3.8) is 0 Å². The third-order valence-corrected chi connectivity index (χ3v) is 6.91. The fourth-order valence-corrected chi connectivity index (χ4v) is 5.40. The predicted octanol–water partition coefficient (Wildman–Crippen LogP) is 4.42. The summed E-state index contributed by atoms with van der Waals surface area (Å²) in [6.45, 7) is 0. The van der Waals surface area contributed by atoms with E-state index in [-0.39, 0.29) is 34.5 Å². The third-order valence-electron chi connectivity index (χ3n) is 5.74. The standard InChI is InChI=1S/C24H23NO8S/c1-30-16-9-13(10-17(31-2)21(16)26)24(14-11-18(32-3)22(27)19(12-14)33-4)15-7-5-6-8-20(15)34-25(24)23(28)29/h5-12,26-27H,1-4H3,(H,28,29). The molecule has 1 aliphatic rings. The van der Waals surface area contributed by atoms with E-state index in [9.17, 15) is 20.1 Å². The molecule has 0 aliphatic carbocycles. The number of ether oxygens (including phenoxy) is 4. The van der Waals surface area contributed by atoms with Gasteiger partial charge in [-0.3, -0.25) is 0 Å². The largest absolute Gasteiger partial charge is 0.502 e. The van der Waals surface area contributed by atoms with Crippen LogP contribution < -0.4 is 18.9 Å². The van der Waals surface area contributed by atoms with Crippen molar-refractivity contribution in [3.05, 3.63) is 65.2 Å². The Bertz CT molecular complexity index is 1150. The van der Waals surface area contributed by atoms with Crippen molar-refractivity contribution in [2.24, 2.45) is 0 Å². The van der Waals surface area contributed by atoms with Crippen LogP contribution in [0.15, 0.2) is 53.4 Å². The minimum Gasteiger partial charge on any atom is -0.502 e. The molecule has 10 heteroatoms. The summed E-state index contributed by atoms with van der Waals surface area (Å²) in [6, 6.07) is 13.5. The number of methoxy groups -OCH3 is 4. The SMILES string of the molecule is COc1cc(C2(c3cc(OC)c(O)c(OC)c3)c3ccccc3SN2C(=O)O)cc(OC)c1O. The number of nitrogens with zero attached hydrogens (tertiary/aromatic N) is 1. The lowest BCUT2D eigenvalue weighted by atomic mass is 9.76. The van der Waals surface area contributed by atoms with Crippen LogP contribution in [0.5, 0.6) is 34.5 Å². The lowest BCUT2D eigenvalue weighted by Crippen LogP contribution is -2.43. The molecule has 0 unspecified atom stereocenters. The van der Waals surface area contributed by atoms with Gasteiger partial charge >= 0.3 is 6.09 Å². The molecule has 3 N–H and O–H groups in total. The number of hydrogen-bond acceptors (Lipinski definition) is 8. The molecule has 34 heavy (non-hydrogen) atoms. The summed E-state index contributed by atoms with van der Waals surface area (Å²) in [5.74, 6) is -0.0224. The zero-order valence-electron chi connectivity index (χ0n) is 18.9. The first-order valence-corrected chi connectivity index (χ1v) is 10.8. The van der Waals surface area contributed by atoms with Gasteiger partial charge in [-0.1, -0.05) is 18.2 Å². The van der Waals surface area contributed by atoms with Gasteiger partial charge in [0.05, 0.1) is 28.4 Å². The third kappa shape index (κ3) is 3.29. The number of aromatic hydroxyl groups is 2. The number of fused-ring (bicyclic) bond motifs is 1. The molecule has 0 spiro atoms. The van der Waals surface area contributed by atoms with Crippen LogP contribution in [0.1, 0.15) is 16.7 Å². The highest BCUT2D eigenvalue weighted by molar-refractivity contribution is 7.97. The zero-order chi connectivity index (χ0) is 24.6. The van der Waals surface area contributed by atoms with Crippen molar-refractivity contribution in [3.8, 4) is 34.5 Å². The quantitative estimate of drug-likeness (QED) is 0.436. The molecule has 0 radical (unpaired) electrons. The molecular formula is C24H23NO8S. The zero-order valence-corrected chi connectivity index (χ0v) is 19.7. The topological polar surface area (TPSA) is 118 Å². The van der Waals surface area contributed by atoms with Crippen LogP contribution in [-0.4, -0.2) is 54.2 Å². The molecular weight excluding hydrogens is 462 g/mol. The van der Waals surface area contributed by atoms with Crippen LogP contribution in [0.25, 0.3) is 0 Å². The summed E-state index contributed by atoms with van der Waals surface area (Å²) >= 11 is 1.05. The molecule has 0 atom stereocenters. The summed E-state index contributed by atoms with van der Waals surface area (Å²) in [4.78, 5) is 13.4. The summed E-state index contributed by atoms with van der Waals surface area (Å²) in [5.41, 5.74) is 0.0876. The molecule has 0 aromatic heterocycles. The monoisotopic (exact) mass is 485 g/mol. The second-order valence-electron chi connectivity index (χ2n) is 7.33. The molecule has 1 amide bonds. The lowest BCUT2D eigenvalue weighted by molar-refractivity contribution is 0.158. The van der Waals surface area contributed by atoms with E-state index < -0.39 is 11.6 Å². The van der Waals surface area contributed by atoms with Crippen molar-refractivity contribution in [2.45, 2.75) is 10.4 Å². The average Bonchev–Trinajstić information content (AvgIpc) is 3.21. The van der Waals surface area contributed by atoms with Crippen LogP contribution in [0.3, 0.4) is 0 Å². The molecule has 0 fully saturated rings. The van der Waals surface area contributed by atoms with Crippen molar-refractivity contribution < 1.29 is 39.1 Å². The number of carboxylic acid groups (broad SMARTS) is 1. The van der Waals surface area contributed by atoms with Crippen LogP contribution in [0.2, 0.25) is 0 Å². The predicted molar refractivity (Wildman–Crippen MR) is 124 cm³/mol. The maximum atomic E-state index is 12.7. The molecule has 3 aromatic rings. The second kappa shape index (κ2) is 8.79. The van der Waals surface area contributed by atoms with E-state index in [0.717, 1.165) is 11.9 Å². The number of rotatable bonds is 6. The summed E-state index contributed by atoms with van der Waals surface area (Å²) < 4.78 is 22.7. The first-order chi connectivity index (χ1) is 16.3. The first-order valence-electron chi connectivity index (χ1n) is 10.0. The fraction of sp³-hybridized carbons (Fsp3) is 0.208. The van der Waals surface area contributed by atoms with Gasteiger partial charge in [-0.15, -0.1) is 0 Å². The molecule has 9 nitrogen and oxygen atoms in total. The smallest absolute Gasteiger partial charge is 0.419 e. The minimum absolute atomic E-state index is 0.103. The Labute approximate surface area is 200 Å². The molecule has 0 saturated heterocycles. The summed E-state index contributed by atoms with van der Waals surface area (Å²) in [7, 11) is 5.57. The molecule has 4 rings (SSSR count). The molecule has 0 bridgehead atoms. The van der Waals surface area contributed by atoms with E-state index >= 15 is 0 Å². The van der Waals surface area contributed by atoms with E-state index in [1.165, 1.54) is 32.7 Å². The normalized spacial score (nSPS) is 13.8. The van der Waals surface area contributed by atoms with E-state index in [2.05, 4.69) is 0 Å². The Morgan fingerprint density at radius 3 is 1.59 bits per heavy atom. The Balaban J connectivity index is 2.19.